The van der Waals surface area contributed by atoms with Gasteiger partial charge in [-0.15, -0.1) is 6.58 Å². The van der Waals surface area contributed by atoms with Crippen LogP contribution in [0.3, 0.4) is 0 Å². The predicted octanol–water partition coefficient (Wildman–Crippen LogP) is 1.98. The highest BCUT2D eigenvalue weighted by atomic mass is 16.6. The van der Waals surface area contributed by atoms with E-state index < -0.39 is 10.9 Å². The molecule has 0 aliphatic carbocycles. The second-order valence-electron chi connectivity index (χ2n) is 3.12. The number of nitro groups is 1. The van der Waals surface area contributed by atoms with Crippen molar-refractivity contribution in [1.29, 1.82) is 0 Å². The second-order valence-corrected chi connectivity index (χ2v) is 3.12. The number of ether oxygens (including phenoxy) is 1. The average Bonchev–Trinajstić information content (AvgIpc) is 2.34. The number of carbonyl (C=O) groups is 1. The van der Waals surface area contributed by atoms with Crippen LogP contribution in [0.2, 0.25) is 0 Å². The molecule has 6 nitrogen and oxygen atoms in total. The Morgan fingerprint density at radius 3 is 2.88 bits per heavy atom. The lowest BCUT2D eigenvalue weighted by atomic mass is 10.1. The van der Waals surface area contributed by atoms with Crippen molar-refractivity contribution in [2.75, 3.05) is 19.0 Å². The van der Waals surface area contributed by atoms with Gasteiger partial charge in [-0.25, -0.2) is 4.79 Å². The monoisotopic (exact) mass is 236 g/mol. The van der Waals surface area contributed by atoms with E-state index in [1.807, 2.05) is 0 Å². The Balaban J connectivity index is 3.28. The Bertz CT molecular complexity index is 457. The van der Waals surface area contributed by atoms with Crippen LogP contribution < -0.4 is 5.32 Å². The van der Waals surface area contributed by atoms with E-state index in [9.17, 15) is 14.9 Å². The number of rotatable bonds is 5. The van der Waals surface area contributed by atoms with Gasteiger partial charge in [0.25, 0.3) is 5.69 Å². The molecule has 0 amide bonds. The smallest absolute Gasteiger partial charge is 0.340 e. The molecule has 0 spiro atoms. The highest BCUT2D eigenvalue weighted by molar-refractivity contribution is 5.98. The maximum absolute atomic E-state index is 11.5. The van der Waals surface area contributed by atoms with Crippen LogP contribution in [0.5, 0.6) is 0 Å². The zero-order valence-electron chi connectivity index (χ0n) is 9.30. The van der Waals surface area contributed by atoms with Crippen molar-refractivity contribution in [2.24, 2.45) is 0 Å². The zero-order valence-corrected chi connectivity index (χ0v) is 9.30. The molecule has 0 aromatic heterocycles. The standard InChI is InChI=1S/C11H12N2O4/c1-3-7-12-10-8(11(14)17-2)5-4-6-9(10)13(15)16/h3-6,12H,1,7H2,2H3. The molecule has 0 atom stereocenters. The molecule has 0 radical (unpaired) electrons. The number of hydrogen-bond acceptors (Lipinski definition) is 5. The van der Waals surface area contributed by atoms with Gasteiger partial charge in [0, 0.05) is 12.6 Å². The van der Waals surface area contributed by atoms with Gasteiger partial charge in [0.05, 0.1) is 17.6 Å². The third-order valence-electron chi connectivity index (χ3n) is 2.07. The van der Waals surface area contributed by atoms with Crippen molar-refractivity contribution in [1.82, 2.24) is 0 Å². The molecular weight excluding hydrogens is 224 g/mol. The van der Waals surface area contributed by atoms with Gasteiger partial charge in [-0.3, -0.25) is 10.1 Å². The molecule has 0 saturated heterocycles. The van der Waals surface area contributed by atoms with Gasteiger partial charge in [-0.1, -0.05) is 12.1 Å². The van der Waals surface area contributed by atoms with E-state index in [2.05, 4.69) is 16.6 Å². The predicted molar refractivity (Wildman–Crippen MR) is 63.1 cm³/mol. The first kappa shape index (κ1) is 12.7. The van der Waals surface area contributed by atoms with Crippen LogP contribution in [0.25, 0.3) is 0 Å². The van der Waals surface area contributed by atoms with E-state index in [0.717, 1.165) is 0 Å². The molecule has 0 unspecified atom stereocenters. The van der Waals surface area contributed by atoms with E-state index in [0.29, 0.717) is 6.54 Å². The summed E-state index contributed by atoms with van der Waals surface area (Å²) in [5.41, 5.74) is 0.0996. The number of hydrogen-bond donors (Lipinski definition) is 1. The van der Waals surface area contributed by atoms with Crippen molar-refractivity contribution < 1.29 is 14.5 Å². The van der Waals surface area contributed by atoms with Crippen LogP contribution in [-0.2, 0) is 4.74 Å². The lowest BCUT2D eigenvalue weighted by molar-refractivity contribution is -0.384. The molecule has 6 heteroatoms. The molecule has 1 aromatic carbocycles. The number of nitrogens with one attached hydrogen (secondary N) is 1. The van der Waals surface area contributed by atoms with Gasteiger partial charge in [0.15, 0.2) is 0 Å². The largest absolute Gasteiger partial charge is 0.465 e. The number of nitrogens with zero attached hydrogens (tertiary/aromatic N) is 1. The molecule has 1 aromatic rings. The fraction of sp³-hybridized carbons (Fsp3) is 0.182. The quantitative estimate of drug-likeness (QED) is 0.366. The summed E-state index contributed by atoms with van der Waals surface area (Å²) in [6.07, 6.45) is 1.54. The number of esters is 1. The van der Waals surface area contributed by atoms with E-state index >= 15 is 0 Å². The van der Waals surface area contributed by atoms with E-state index in [1.54, 1.807) is 0 Å². The van der Waals surface area contributed by atoms with Crippen molar-refractivity contribution >= 4 is 17.3 Å². The SMILES string of the molecule is C=CCNc1c(C(=O)OC)cccc1[N+](=O)[O-]. The minimum atomic E-state index is -0.625. The summed E-state index contributed by atoms with van der Waals surface area (Å²) >= 11 is 0. The van der Waals surface area contributed by atoms with Gasteiger partial charge in [-0.2, -0.15) is 0 Å². The van der Waals surface area contributed by atoms with E-state index in [4.69, 9.17) is 0 Å². The van der Waals surface area contributed by atoms with Crippen LogP contribution in [0, 0.1) is 10.1 Å². The topological polar surface area (TPSA) is 81.5 Å². The summed E-state index contributed by atoms with van der Waals surface area (Å²) in [6, 6.07) is 4.21. The number of carbonyl (C=O) groups excluding carboxylic acids is 1. The molecule has 0 fully saturated rings. The molecule has 0 aliphatic rings. The molecular formula is C11H12N2O4. The summed E-state index contributed by atoms with van der Waals surface area (Å²) in [5.74, 6) is -0.625. The first-order chi connectivity index (χ1) is 8.11. The number of para-hydroxylation sites is 1. The lowest BCUT2D eigenvalue weighted by Crippen LogP contribution is -2.10. The van der Waals surface area contributed by atoms with Crippen LogP contribution in [0.15, 0.2) is 30.9 Å². The third kappa shape index (κ3) is 2.81. The molecule has 0 bridgehead atoms. The molecule has 90 valence electrons. The molecule has 0 heterocycles. The van der Waals surface area contributed by atoms with E-state index in [1.165, 1.54) is 31.4 Å². The Morgan fingerprint density at radius 1 is 1.65 bits per heavy atom. The Hall–Kier alpha value is -2.37. The maximum atomic E-state index is 11.5. The first-order valence-corrected chi connectivity index (χ1v) is 4.82. The van der Waals surface area contributed by atoms with Crippen molar-refractivity contribution in [2.45, 2.75) is 0 Å². The van der Waals surface area contributed by atoms with E-state index in [-0.39, 0.29) is 16.9 Å². The van der Waals surface area contributed by atoms with Crippen molar-refractivity contribution in [3.05, 3.63) is 46.5 Å². The highest BCUT2D eigenvalue weighted by Crippen LogP contribution is 2.28. The zero-order chi connectivity index (χ0) is 12.8. The van der Waals surface area contributed by atoms with Gasteiger partial charge in [0.1, 0.15) is 5.69 Å². The van der Waals surface area contributed by atoms with Gasteiger partial charge in [0.2, 0.25) is 0 Å². The van der Waals surface area contributed by atoms with Gasteiger partial charge >= 0.3 is 5.97 Å². The normalized spacial score (nSPS) is 9.47. The summed E-state index contributed by atoms with van der Waals surface area (Å²) in [5, 5.41) is 13.6. The maximum Gasteiger partial charge on any atom is 0.340 e. The summed E-state index contributed by atoms with van der Waals surface area (Å²) < 4.78 is 4.56. The van der Waals surface area contributed by atoms with Crippen LogP contribution in [0.1, 0.15) is 10.4 Å². The van der Waals surface area contributed by atoms with Crippen molar-refractivity contribution in [3.8, 4) is 0 Å². The third-order valence-corrected chi connectivity index (χ3v) is 2.07. The minimum Gasteiger partial charge on any atom is -0.465 e. The first-order valence-electron chi connectivity index (χ1n) is 4.82. The second kappa shape index (κ2) is 5.64. The number of benzene rings is 1. The molecule has 1 N–H and O–H groups in total. The molecule has 1 rings (SSSR count). The van der Waals surface area contributed by atoms with Gasteiger partial charge < -0.3 is 10.1 Å². The minimum absolute atomic E-state index is 0.128. The molecule has 0 saturated carbocycles. The Morgan fingerprint density at radius 2 is 2.35 bits per heavy atom. The van der Waals surface area contributed by atoms with Crippen molar-refractivity contribution in [3.63, 3.8) is 0 Å². The molecule has 17 heavy (non-hydrogen) atoms. The van der Waals surface area contributed by atoms with Gasteiger partial charge in [-0.05, 0) is 6.07 Å². The Kier molecular flexibility index (Phi) is 4.21. The lowest BCUT2D eigenvalue weighted by Gasteiger charge is -2.09. The number of methoxy groups -OCH3 is 1. The summed E-state index contributed by atoms with van der Waals surface area (Å²) in [7, 11) is 1.22. The highest BCUT2D eigenvalue weighted by Gasteiger charge is 2.21. The fourth-order valence-electron chi connectivity index (χ4n) is 1.33. The number of anilines is 1. The van der Waals surface area contributed by atoms with Crippen LogP contribution >= 0.6 is 0 Å². The number of nitro benzene ring substituents is 1. The summed E-state index contributed by atoms with van der Waals surface area (Å²) in [4.78, 5) is 21.7. The molecule has 0 aliphatic heterocycles. The summed E-state index contributed by atoms with van der Waals surface area (Å²) in [6.45, 7) is 3.81. The fourth-order valence-corrected chi connectivity index (χ4v) is 1.33. The average molecular weight is 236 g/mol. The van der Waals surface area contributed by atoms with Crippen LogP contribution in [0.4, 0.5) is 11.4 Å². The Labute approximate surface area is 98.0 Å². The van der Waals surface area contributed by atoms with Crippen LogP contribution in [-0.4, -0.2) is 24.5 Å².